The average Bonchev–Trinajstić information content (AvgIpc) is 1.00. The summed E-state index contributed by atoms with van der Waals surface area (Å²) in [4.78, 5) is 164. The van der Waals surface area contributed by atoms with Crippen molar-refractivity contribution in [1.82, 2.24) is 36.4 Å². The molecule has 0 aromatic heterocycles. The number of aliphatic carboxylic acids is 1. The Bertz CT molecular complexity index is 3730. The molecule has 0 unspecified atom stereocenters. The van der Waals surface area contributed by atoms with Crippen molar-refractivity contribution in [2.24, 2.45) is 11.3 Å². The summed E-state index contributed by atoms with van der Waals surface area (Å²) in [6.07, 6.45) is 2.03. The number of hydrogen-bond donors (Lipinski definition) is 8. The Hall–Kier alpha value is -10.1. The second-order valence-corrected chi connectivity index (χ2v) is 32.3. The van der Waals surface area contributed by atoms with Gasteiger partial charge in [-0.15, -0.1) is 0 Å². The van der Waals surface area contributed by atoms with Crippen molar-refractivity contribution in [2.45, 2.75) is 241 Å². The molecule has 4 rings (SSSR count). The van der Waals surface area contributed by atoms with E-state index >= 15 is 0 Å². The van der Waals surface area contributed by atoms with Gasteiger partial charge in [0.1, 0.15) is 57.5 Å². The first-order valence-corrected chi connectivity index (χ1v) is 37.0. The molecular weight excluding hydrogens is 1420 g/mol. The van der Waals surface area contributed by atoms with Crippen LogP contribution in [-0.2, 0) is 115 Å². The van der Waals surface area contributed by atoms with Crippen LogP contribution in [0.2, 0.25) is 0 Å². The van der Waals surface area contributed by atoms with Gasteiger partial charge in [0.05, 0.1) is 25.6 Å². The number of ether oxygens (including phenoxy) is 5. The number of nitrogens with one attached hydrogen (secondary N) is 5. The fourth-order valence-electron chi connectivity index (χ4n) is 11.3. The number of urea groups is 1. The molecule has 0 heterocycles. The highest BCUT2D eigenvalue weighted by Gasteiger charge is 2.33. The first-order valence-electron chi connectivity index (χ1n) is 37.0. The Morgan fingerprint density at radius 2 is 1.03 bits per heavy atom. The summed E-state index contributed by atoms with van der Waals surface area (Å²) in [5, 5.41) is 45.2. The van der Waals surface area contributed by atoms with Crippen molar-refractivity contribution >= 4 is 71.3 Å². The quantitative estimate of drug-likeness (QED) is 0.0116. The van der Waals surface area contributed by atoms with E-state index in [1.807, 2.05) is 51.1 Å². The maximum Gasteiger partial charge on any atom is 0.373 e. The molecule has 0 saturated heterocycles. The first kappa shape index (κ1) is 94.2. The molecule has 8 N–H and O–H groups in total. The van der Waals surface area contributed by atoms with E-state index in [-0.39, 0.29) is 140 Å². The van der Waals surface area contributed by atoms with Crippen LogP contribution in [0.4, 0.5) is 4.79 Å². The number of Topliss-reactive ketones (excluding diaryl/α,β-unsaturated/α-hetero) is 2. The molecular formula is C82H117N7O21. The number of phenolic OH excluding ortho intramolecular Hbond substituents is 2. The van der Waals surface area contributed by atoms with Crippen LogP contribution >= 0.6 is 0 Å². The van der Waals surface area contributed by atoms with Gasteiger partial charge >= 0.3 is 42.0 Å². The van der Waals surface area contributed by atoms with Crippen LogP contribution in [0, 0.1) is 11.3 Å². The number of carboxylic acids is 1. The summed E-state index contributed by atoms with van der Waals surface area (Å²) in [6.45, 7) is 28.0. The second-order valence-electron chi connectivity index (χ2n) is 32.3. The molecule has 0 radical (unpaired) electrons. The van der Waals surface area contributed by atoms with E-state index in [1.165, 1.54) is 19.1 Å². The highest BCUT2D eigenvalue weighted by atomic mass is 16.6. The standard InChI is InChI=1S/C81H117N7O19.CO2/c1-53(89)48-87(40-41-88(51-72(98)105-79(8,9)10)50-60-44-57(28-35-66(60)92)30-37-70(95)96)49-59-43-56(27-34-65(59)91)29-36-68(93)83-47-61(90)46-58(74(100)106-80(11,12)13)42-55-25-31-62(32-26-55)103-52-69(94)84-64(45-54-22-18-17-19-23-54)73(99)82-39-21-20-24-67(77(2,3)4)86-76(102)85-63(75(101)107-81(14,15)16)33-38-71(97)104-78(5,6)7;2-1-3/h17-19,22-23,25-28,31-32,34-35,43-44,58,63-64,67,91-92H,20-21,24,29-30,33,36-42,45-52H2,1-16H3,(H,82,99)(H,83,93)(H,84,94)(H,95,96)(H2,85,86,102);/t58-,63+,64+,67+;/m1./s1. The number of carbonyl (C=O) groups is 11. The lowest BCUT2D eigenvalue weighted by molar-refractivity contribution is -0.192. The smallest absolute Gasteiger partial charge is 0.373 e. The van der Waals surface area contributed by atoms with E-state index in [0.717, 1.165) is 5.56 Å². The fraction of sp³-hybridized carbons (Fsp3) is 0.561. The number of ketones is 2. The Morgan fingerprint density at radius 1 is 0.518 bits per heavy atom. The van der Waals surface area contributed by atoms with Crippen LogP contribution < -0.4 is 31.3 Å². The molecule has 0 aliphatic rings. The molecule has 28 nitrogen and oxygen atoms in total. The maximum absolute atomic E-state index is 13.8. The van der Waals surface area contributed by atoms with Crippen LogP contribution in [-0.4, -0.2) is 183 Å². The Morgan fingerprint density at radius 3 is 1.55 bits per heavy atom. The van der Waals surface area contributed by atoms with Crippen molar-refractivity contribution in [1.29, 1.82) is 0 Å². The lowest BCUT2D eigenvalue weighted by atomic mass is 9.84. The van der Waals surface area contributed by atoms with Crippen molar-refractivity contribution < 1.29 is 101 Å². The summed E-state index contributed by atoms with van der Waals surface area (Å²) in [6, 6.07) is 22.4. The van der Waals surface area contributed by atoms with Crippen LogP contribution in [0.15, 0.2) is 91.0 Å². The van der Waals surface area contributed by atoms with Gasteiger partial charge in [-0.2, -0.15) is 9.59 Å². The Labute approximate surface area is 646 Å². The van der Waals surface area contributed by atoms with Gasteiger partial charge in [-0.05, 0) is 187 Å². The number of rotatable bonds is 42. The zero-order valence-corrected chi connectivity index (χ0v) is 66.9. The van der Waals surface area contributed by atoms with Gasteiger partial charge in [0.25, 0.3) is 5.91 Å². The molecule has 606 valence electrons. The topological polar surface area (TPSA) is 395 Å². The number of benzene rings is 4. The van der Waals surface area contributed by atoms with E-state index in [2.05, 4.69) is 26.6 Å². The molecule has 110 heavy (non-hydrogen) atoms. The molecule has 5 amide bonds. The number of aryl methyl sites for hydroxylation is 2. The molecule has 28 heteroatoms. The van der Waals surface area contributed by atoms with Crippen molar-refractivity contribution in [2.75, 3.05) is 45.9 Å². The number of carboxylic acid groups (broad SMARTS) is 1. The number of carbonyl (C=O) groups excluding carboxylic acids is 12. The number of hydrogen-bond acceptors (Lipinski definition) is 22. The fourth-order valence-corrected chi connectivity index (χ4v) is 11.3. The molecule has 0 bridgehead atoms. The van der Waals surface area contributed by atoms with Gasteiger partial charge < -0.3 is 65.6 Å². The normalized spacial score (nSPS) is 12.8. The SMILES string of the molecule is CC(=O)CN(CCN(CC(=O)OC(C)(C)C)Cc1cc(CCC(=O)O)ccc1O)Cc1cc(CCC(=O)NCC(=O)C[C@@H](Cc2ccc(OCC(=O)N[C@@H](Cc3ccccc3)C(=O)NCCCC[C@H](NC(=O)N[C@@H](CCC(=O)OC(C)(C)C)C(=O)OC(C)(C)C)C(C)(C)C)cc2)C(=O)OC(C)(C)C)ccc1O.O=C=O. The highest BCUT2D eigenvalue weighted by Crippen LogP contribution is 2.28. The molecule has 4 aromatic carbocycles. The van der Waals surface area contributed by atoms with Crippen LogP contribution in [0.25, 0.3) is 0 Å². The van der Waals surface area contributed by atoms with Gasteiger partial charge in [0.2, 0.25) is 11.8 Å². The number of amides is 5. The molecule has 0 aliphatic heterocycles. The predicted molar refractivity (Wildman–Crippen MR) is 409 cm³/mol. The number of phenols is 2. The van der Waals surface area contributed by atoms with Crippen LogP contribution in [0.1, 0.15) is 196 Å². The molecule has 0 aliphatic carbocycles. The zero-order chi connectivity index (χ0) is 82.7. The van der Waals surface area contributed by atoms with E-state index in [0.29, 0.717) is 52.8 Å². The average molecular weight is 1540 g/mol. The summed E-state index contributed by atoms with van der Waals surface area (Å²) < 4.78 is 28.2. The molecule has 4 atom stereocenters. The maximum atomic E-state index is 13.8. The number of aromatic hydroxyl groups is 2. The summed E-state index contributed by atoms with van der Waals surface area (Å²) in [5.41, 5.74) is 0.107. The summed E-state index contributed by atoms with van der Waals surface area (Å²) in [7, 11) is 0. The zero-order valence-electron chi connectivity index (χ0n) is 66.9. The lowest BCUT2D eigenvalue weighted by Gasteiger charge is -2.32. The van der Waals surface area contributed by atoms with Crippen molar-refractivity contribution in [3.63, 3.8) is 0 Å². The van der Waals surface area contributed by atoms with E-state index in [9.17, 15) is 68.1 Å². The molecule has 0 saturated carbocycles. The van der Waals surface area contributed by atoms with Crippen LogP contribution in [0.5, 0.6) is 17.2 Å². The van der Waals surface area contributed by atoms with Gasteiger partial charge in [0, 0.05) is 82.0 Å². The molecule has 4 aromatic rings. The van der Waals surface area contributed by atoms with Gasteiger partial charge in [-0.3, -0.25) is 53.0 Å². The summed E-state index contributed by atoms with van der Waals surface area (Å²) in [5.74, 6) is -6.03. The number of unbranched alkanes of at least 4 members (excludes halogenated alkanes) is 1. The second kappa shape index (κ2) is 45.2. The third-order valence-electron chi connectivity index (χ3n) is 16.3. The molecule has 0 spiro atoms. The largest absolute Gasteiger partial charge is 0.508 e. The Balaban J connectivity index is 0.0000103. The first-order chi connectivity index (χ1) is 51.2. The van der Waals surface area contributed by atoms with Crippen LogP contribution in [0.3, 0.4) is 0 Å². The minimum atomic E-state index is -1.13. The number of esters is 4. The summed E-state index contributed by atoms with van der Waals surface area (Å²) >= 11 is 0. The Kier molecular flexibility index (Phi) is 38.7. The lowest BCUT2D eigenvalue weighted by Crippen LogP contribution is -2.53. The van der Waals surface area contributed by atoms with Crippen molar-refractivity contribution in [3.05, 3.63) is 124 Å². The third kappa shape index (κ3) is 40.9. The monoisotopic (exact) mass is 1540 g/mol. The minimum absolute atomic E-state index is 0.0114. The predicted octanol–water partition coefficient (Wildman–Crippen LogP) is 8.91. The minimum Gasteiger partial charge on any atom is -0.508 e. The van der Waals surface area contributed by atoms with E-state index < -0.39 is 112 Å². The van der Waals surface area contributed by atoms with Gasteiger partial charge in [-0.25, -0.2) is 9.59 Å². The van der Waals surface area contributed by atoms with Crippen molar-refractivity contribution in [3.8, 4) is 17.2 Å². The van der Waals surface area contributed by atoms with E-state index in [1.54, 1.807) is 141 Å². The van der Waals surface area contributed by atoms with E-state index in [4.69, 9.17) is 33.3 Å². The third-order valence-corrected chi connectivity index (χ3v) is 16.3. The number of nitrogens with zero attached hydrogens (tertiary/aromatic N) is 2. The molecule has 0 fully saturated rings. The van der Waals surface area contributed by atoms with Gasteiger partial charge in [-0.1, -0.05) is 87.5 Å². The van der Waals surface area contributed by atoms with Gasteiger partial charge in [0.15, 0.2) is 12.4 Å². The highest BCUT2D eigenvalue weighted by molar-refractivity contribution is 5.90.